The molecule has 2 N–H and O–H groups in total. The summed E-state index contributed by atoms with van der Waals surface area (Å²) >= 11 is 0. The largest absolute Gasteiger partial charge is 0.508 e. The van der Waals surface area contributed by atoms with Crippen LogP contribution in [0.5, 0.6) is 5.75 Å². The minimum absolute atomic E-state index is 0.136. The van der Waals surface area contributed by atoms with Crippen molar-refractivity contribution < 1.29 is 19.4 Å². The number of nitrogens with zero attached hydrogens (tertiary/aromatic N) is 1. The maximum Gasteiger partial charge on any atom is 0.341 e. The minimum Gasteiger partial charge on any atom is -0.508 e. The molecule has 0 aromatic heterocycles. The fourth-order valence-corrected chi connectivity index (χ4v) is 3.81. The highest BCUT2D eigenvalue weighted by molar-refractivity contribution is 6.09. The van der Waals surface area contributed by atoms with Crippen molar-refractivity contribution in [3.8, 4) is 5.75 Å². The van der Waals surface area contributed by atoms with Crippen molar-refractivity contribution in [2.24, 2.45) is 16.8 Å². The predicted molar refractivity (Wildman–Crippen MR) is 98.1 cm³/mol. The van der Waals surface area contributed by atoms with Gasteiger partial charge in [0.2, 0.25) is 0 Å². The van der Waals surface area contributed by atoms with E-state index in [0.717, 1.165) is 18.4 Å². The highest BCUT2D eigenvalue weighted by Crippen LogP contribution is 2.31. The van der Waals surface area contributed by atoms with Crippen molar-refractivity contribution in [1.82, 2.24) is 5.32 Å². The van der Waals surface area contributed by atoms with Gasteiger partial charge in [0.15, 0.2) is 0 Å². The highest BCUT2D eigenvalue weighted by Gasteiger charge is 2.39. The normalized spacial score (nSPS) is 23.9. The first-order valence-electron chi connectivity index (χ1n) is 9.42. The summed E-state index contributed by atoms with van der Waals surface area (Å²) in [4.78, 5) is 28.8. The number of phenols is 1. The molecule has 1 aliphatic carbocycles. The van der Waals surface area contributed by atoms with Gasteiger partial charge in [-0.25, -0.2) is 9.79 Å². The van der Waals surface area contributed by atoms with Gasteiger partial charge in [0.25, 0.3) is 0 Å². The standard InChI is InChI=1S/C20H26N2O4/c1-2-16-17(19(24)26-12-13-6-4-3-5-7-13)18(22-20(25)21-16)14-8-10-15(23)11-9-14/h8-11,13,17-18,23H,2-7,12H2,1H3,(H,22,25). The molecule has 3 rings (SSSR count). The molecule has 140 valence electrons. The third-order valence-electron chi connectivity index (χ3n) is 5.27. The summed E-state index contributed by atoms with van der Waals surface area (Å²) in [6.07, 6.45) is 6.36. The summed E-state index contributed by atoms with van der Waals surface area (Å²) in [6, 6.07) is 5.53. The van der Waals surface area contributed by atoms with Crippen LogP contribution in [0.3, 0.4) is 0 Å². The summed E-state index contributed by atoms with van der Waals surface area (Å²) in [5, 5.41) is 12.3. The molecule has 1 aromatic rings. The van der Waals surface area contributed by atoms with Crippen molar-refractivity contribution in [2.75, 3.05) is 6.61 Å². The number of hydrogen-bond donors (Lipinski definition) is 2. The van der Waals surface area contributed by atoms with E-state index in [1.165, 1.54) is 19.3 Å². The molecule has 0 saturated heterocycles. The van der Waals surface area contributed by atoms with Gasteiger partial charge in [-0.1, -0.05) is 38.3 Å². The highest BCUT2D eigenvalue weighted by atomic mass is 16.5. The van der Waals surface area contributed by atoms with Crippen LogP contribution in [0.2, 0.25) is 0 Å². The zero-order valence-electron chi connectivity index (χ0n) is 15.1. The number of nitrogens with one attached hydrogen (secondary N) is 1. The van der Waals surface area contributed by atoms with Crippen LogP contribution in [-0.4, -0.2) is 29.4 Å². The molecule has 1 heterocycles. The Labute approximate surface area is 153 Å². The number of phenolic OH excluding ortho intramolecular Hbond substituents is 1. The fourth-order valence-electron chi connectivity index (χ4n) is 3.81. The van der Waals surface area contributed by atoms with Crippen LogP contribution in [0.4, 0.5) is 4.79 Å². The molecular weight excluding hydrogens is 332 g/mol. The van der Waals surface area contributed by atoms with Gasteiger partial charge in [0.05, 0.1) is 12.6 Å². The van der Waals surface area contributed by atoms with Gasteiger partial charge in [0.1, 0.15) is 11.7 Å². The Morgan fingerprint density at radius 1 is 1.23 bits per heavy atom. The zero-order valence-corrected chi connectivity index (χ0v) is 15.1. The van der Waals surface area contributed by atoms with Crippen LogP contribution in [0.15, 0.2) is 29.3 Å². The van der Waals surface area contributed by atoms with Crippen molar-refractivity contribution >= 4 is 17.7 Å². The number of esters is 1. The number of aliphatic imine (C=N–C) groups is 1. The van der Waals surface area contributed by atoms with E-state index in [9.17, 15) is 14.7 Å². The second kappa shape index (κ2) is 8.34. The van der Waals surface area contributed by atoms with Gasteiger partial charge < -0.3 is 15.2 Å². The Balaban J connectivity index is 1.78. The fraction of sp³-hybridized carbons (Fsp3) is 0.550. The van der Waals surface area contributed by atoms with Crippen LogP contribution in [0.1, 0.15) is 57.1 Å². The average molecular weight is 358 g/mol. The molecule has 1 aromatic carbocycles. The van der Waals surface area contributed by atoms with Crippen LogP contribution in [0.25, 0.3) is 0 Å². The van der Waals surface area contributed by atoms with Crippen LogP contribution < -0.4 is 5.32 Å². The molecule has 6 nitrogen and oxygen atoms in total. The van der Waals surface area contributed by atoms with Gasteiger partial charge >= 0.3 is 12.0 Å². The Bertz CT molecular complexity index is 678. The van der Waals surface area contributed by atoms with E-state index in [1.54, 1.807) is 24.3 Å². The molecule has 1 fully saturated rings. The average Bonchev–Trinajstić information content (AvgIpc) is 2.66. The summed E-state index contributed by atoms with van der Waals surface area (Å²) in [5.41, 5.74) is 1.29. The minimum atomic E-state index is -0.633. The lowest BCUT2D eigenvalue weighted by Crippen LogP contribution is -2.45. The van der Waals surface area contributed by atoms with E-state index in [1.807, 2.05) is 6.92 Å². The monoisotopic (exact) mass is 358 g/mol. The Kier molecular flexibility index (Phi) is 5.91. The second-order valence-corrected chi connectivity index (χ2v) is 7.09. The zero-order chi connectivity index (χ0) is 18.5. The van der Waals surface area contributed by atoms with E-state index < -0.39 is 18.0 Å². The molecule has 0 radical (unpaired) electrons. The Morgan fingerprint density at radius 2 is 1.92 bits per heavy atom. The number of hydrogen-bond acceptors (Lipinski definition) is 4. The number of urea groups is 1. The quantitative estimate of drug-likeness (QED) is 0.785. The maximum absolute atomic E-state index is 12.9. The van der Waals surface area contributed by atoms with Gasteiger partial charge in [-0.3, -0.25) is 4.79 Å². The molecule has 2 atom stereocenters. The molecule has 1 aliphatic heterocycles. The van der Waals surface area contributed by atoms with E-state index in [-0.39, 0.29) is 11.7 Å². The smallest absolute Gasteiger partial charge is 0.341 e. The SMILES string of the molecule is CCC1=NC(=O)NC(c2ccc(O)cc2)C1C(=O)OCC1CCCCC1. The van der Waals surface area contributed by atoms with E-state index in [2.05, 4.69) is 10.3 Å². The van der Waals surface area contributed by atoms with E-state index in [4.69, 9.17) is 4.74 Å². The number of benzene rings is 1. The van der Waals surface area contributed by atoms with Crippen molar-refractivity contribution in [2.45, 2.75) is 51.5 Å². The lowest BCUT2D eigenvalue weighted by atomic mass is 9.86. The molecule has 0 bridgehead atoms. The predicted octanol–water partition coefficient (Wildman–Crippen LogP) is 3.75. The third kappa shape index (κ3) is 4.23. The van der Waals surface area contributed by atoms with Crippen molar-refractivity contribution in [1.29, 1.82) is 0 Å². The van der Waals surface area contributed by atoms with Crippen molar-refractivity contribution in [3.05, 3.63) is 29.8 Å². The first-order chi connectivity index (χ1) is 12.6. The van der Waals surface area contributed by atoms with Gasteiger partial charge in [-0.05, 0) is 42.9 Å². The number of rotatable bonds is 5. The molecule has 1 saturated carbocycles. The summed E-state index contributed by atoms with van der Waals surface area (Å²) in [7, 11) is 0. The maximum atomic E-state index is 12.9. The van der Waals surface area contributed by atoms with Crippen molar-refractivity contribution in [3.63, 3.8) is 0 Å². The topological polar surface area (TPSA) is 88.0 Å². The third-order valence-corrected chi connectivity index (χ3v) is 5.27. The Hall–Kier alpha value is -2.37. The van der Waals surface area contributed by atoms with Crippen LogP contribution in [0, 0.1) is 11.8 Å². The Morgan fingerprint density at radius 3 is 2.58 bits per heavy atom. The number of carbonyl (C=O) groups excluding carboxylic acids is 2. The molecular formula is C20H26N2O4. The summed E-state index contributed by atoms with van der Waals surface area (Å²) in [5.74, 6) is -0.406. The number of carbonyl (C=O) groups is 2. The summed E-state index contributed by atoms with van der Waals surface area (Å²) in [6.45, 7) is 2.31. The van der Waals surface area contributed by atoms with Crippen LogP contribution in [-0.2, 0) is 9.53 Å². The van der Waals surface area contributed by atoms with Gasteiger partial charge in [-0.15, -0.1) is 0 Å². The molecule has 0 spiro atoms. The van der Waals surface area contributed by atoms with Gasteiger partial charge in [-0.2, -0.15) is 0 Å². The lowest BCUT2D eigenvalue weighted by molar-refractivity contribution is -0.148. The molecule has 2 aliphatic rings. The number of aromatic hydroxyl groups is 1. The van der Waals surface area contributed by atoms with E-state index >= 15 is 0 Å². The molecule has 2 amide bonds. The number of amides is 2. The van der Waals surface area contributed by atoms with Gasteiger partial charge in [0, 0.05) is 5.71 Å². The molecule has 2 unspecified atom stereocenters. The van der Waals surface area contributed by atoms with E-state index in [0.29, 0.717) is 24.7 Å². The first kappa shape index (κ1) is 18.4. The second-order valence-electron chi connectivity index (χ2n) is 7.09. The molecule has 6 heteroatoms. The number of ether oxygens (including phenoxy) is 1. The first-order valence-corrected chi connectivity index (χ1v) is 9.42. The molecule has 26 heavy (non-hydrogen) atoms. The summed E-state index contributed by atoms with van der Waals surface area (Å²) < 4.78 is 5.64. The lowest BCUT2D eigenvalue weighted by Gasteiger charge is -2.31. The van der Waals surface area contributed by atoms with Crippen LogP contribution >= 0.6 is 0 Å².